The van der Waals surface area contributed by atoms with Gasteiger partial charge in [-0.25, -0.2) is 4.98 Å². The number of fused-ring (bicyclic) bond motifs is 1. The average molecular weight is 255 g/mol. The van der Waals surface area contributed by atoms with E-state index in [9.17, 15) is 0 Å². The number of hydrogen-bond acceptors (Lipinski definition) is 4. The summed E-state index contributed by atoms with van der Waals surface area (Å²) in [7, 11) is 1.94. The fourth-order valence-electron chi connectivity index (χ4n) is 2.43. The van der Waals surface area contributed by atoms with Crippen LogP contribution < -0.4 is 5.32 Å². The zero-order chi connectivity index (χ0) is 13.1. The van der Waals surface area contributed by atoms with Crippen LogP contribution in [0.15, 0.2) is 42.3 Å². The first-order valence-electron chi connectivity index (χ1n) is 6.58. The van der Waals surface area contributed by atoms with Gasteiger partial charge >= 0.3 is 0 Å². The molecule has 0 aliphatic carbocycles. The van der Waals surface area contributed by atoms with Crippen molar-refractivity contribution in [3.05, 3.63) is 48.0 Å². The molecule has 1 aliphatic rings. The van der Waals surface area contributed by atoms with Gasteiger partial charge in [0.2, 0.25) is 0 Å². The first-order chi connectivity index (χ1) is 9.38. The quantitative estimate of drug-likeness (QED) is 0.915. The third-order valence-electron chi connectivity index (χ3n) is 3.38. The first kappa shape index (κ1) is 12.1. The number of hydrogen-bond donors (Lipinski definition) is 1. The summed E-state index contributed by atoms with van der Waals surface area (Å²) in [5, 5.41) is 3.30. The molecular weight excluding hydrogens is 238 g/mol. The fourth-order valence-corrected chi connectivity index (χ4v) is 2.43. The van der Waals surface area contributed by atoms with Gasteiger partial charge in [-0.3, -0.25) is 4.98 Å². The van der Waals surface area contributed by atoms with Crippen molar-refractivity contribution in [1.82, 2.24) is 15.3 Å². The third kappa shape index (κ3) is 2.44. The zero-order valence-electron chi connectivity index (χ0n) is 11.0. The minimum atomic E-state index is 0.0809. The first-order valence-corrected chi connectivity index (χ1v) is 6.58. The van der Waals surface area contributed by atoms with Crippen molar-refractivity contribution >= 4 is 11.0 Å². The van der Waals surface area contributed by atoms with Crippen molar-refractivity contribution in [3.8, 4) is 0 Å². The highest BCUT2D eigenvalue weighted by atomic mass is 16.5. The molecule has 1 atom stereocenters. The number of ether oxygens (including phenoxy) is 1. The Hall–Kier alpha value is -1.94. The predicted octanol–water partition coefficient (Wildman–Crippen LogP) is 2.58. The molecule has 0 radical (unpaired) electrons. The largest absolute Gasteiger partial charge is 0.501 e. The standard InChI is InChI=1S/C15H17N3O/c1-16-15(11-5-4-8-19-10-11)14-9-17-12-6-2-3-7-13(12)18-14/h2-3,6-7,9-10,15-16H,4-5,8H2,1H3. The van der Waals surface area contributed by atoms with Gasteiger partial charge in [-0.2, -0.15) is 0 Å². The molecule has 19 heavy (non-hydrogen) atoms. The Kier molecular flexibility index (Phi) is 3.42. The van der Waals surface area contributed by atoms with Gasteiger partial charge in [0, 0.05) is 0 Å². The van der Waals surface area contributed by atoms with Crippen molar-refractivity contribution in [2.75, 3.05) is 13.7 Å². The van der Waals surface area contributed by atoms with E-state index in [4.69, 9.17) is 9.72 Å². The molecule has 1 N–H and O–H groups in total. The monoisotopic (exact) mass is 255 g/mol. The second-order valence-corrected chi connectivity index (χ2v) is 4.67. The molecule has 2 aromatic rings. The summed E-state index contributed by atoms with van der Waals surface area (Å²) >= 11 is 0. The summed E-state index contributed by atoms with van der Waals surface area (Å²) in [6.07, 6.45) is 5.81. The molecule has 4 heteroatoms. The Balaban J connectivity index is 1.98. The van der Waals surface area contributed by atoms with E-state index in [2.05, 4.69) is 10.3 Å². The minimum Gasteiger partial charge on any atom is -0.501 e. The number of aromatic nitrogens is 2. The lowest BCUT2D eigenvalue weighted by Crippen LogP contribution is -2.22. The fraction of sp³-hybridized carbons (Fsp3) is 0.333. The maximum Gasteiger partial charge on any atom is 0.0890 e. The number of nitrogens with one attached hydrogen (secondary N) is 1. The van der Waals surface area contributed by atoms with Crippen LogP contribution in [0.3, 0.4) is 0 Å². The molecule has 0 amide bonds. The highest BCUT2D eigenvalue weighted by Crippen LogP contribution is 2.26. The van der Waals surface area contributed by atoms with Gasteiger partial charge in [-0.15, -0.1) is 0 Å². The lowest BCUT2D eigenvalue weighted by Gasteiger charge is -2.22. The van der Waals surface area contributed by atoms with Crippen molar-refractivity contribution in [1.29, 1.82) is 0 Å². The van der Waals surface area contributed by atoms with Crippen LogP contribution in [-0.4, -0.2) is 23.6 Å². The summed E-state index contributed by atoms with van der Waals surface area (Å²) in [6, 6.07) is 8.01. The molecule has 0 bridgehead atoms. The third-order valence-corrected chi connectivity index (χ3v) is 3.38. The summed E-state index contributed by atoms with van der Waals surface area (Å²) < 4.78 is 5.42. The molecule has 0 fully saturated rings. The van der Waals surface area contributed by atoms with Gasteiger partial charge in [-0.05, 0) is 37.6 Å². The number of nitrogens with zero attached hydrogens (tertiary/aromatic N) is 2. The Morgan fingerprint density at radius 3 is 2.84 bits per heavy atom. The molecule has 1 aliphatic heterocycles. The molecule has 2 heterocycles. The van der Waals surface area contributed by atoms with E-state index in [0.29, 0.717) is 0 Å². The van der Waals surface area contributed by atoms with E-state index in [0.717, 1.165) is 36.2 Å². The van der Waals surface area contributed by atoms with E-state index in [1.807, 2.05) is 43.8 Å². The maximum atomic E-state index is 5.42. The lowest BCUT2D eigenvalue weighted by molar-refractivity contribution is 0.219. The molecule has 1 aromatic carbocycles. The molecule has 0 spiro atoms. The number of rotatable bonds is 3. The van der Waals surface area contributed by atoms with Crippen LogP contribution in [0.25, 0.3) is 11.0 Å². The summed E-state index contributed by atoms with van der Waals surface area (Å²) in [4.78, 5) is 9.17. The van der Waals surface area contributed by atoms with Crippen molar-refractivity contribution in [3.63, 3.8) is 0 Å². The number of para-hydroxylation sites is 2. The summed E-state index contributed by atoms with van der Waals surface area (Å²) in [6.45, 7) is 0.809. The zero-order valence-corrected chi connectivity index (χ0v) is 11.0. The Bertz CT molecular complexity index is 609. The van der Waals surface area contributed by atoms with Crippen LogP contribution in [0.2, 0.25) is 0 Å². The van der Waals surface area contributed by atoms with Crippen molar-refractivity contribution in [2.24, 2.45) is 0 Å². The van der Waals surface area contributed by atoms with E-state index in [1.165, 1.54) is 5.57 Å². The maximum absolute atomic E-state index is 5.42. The van der Waals surface area contributed by atoms with E-state index in [-0.39, 0.29) is 6.04 Å². The molecule has 1 unspecified atom stereocenters. The van der Waals surface area contributed by atoms with Crippen LogP contribution in [0, 0.1) is 0 Å². The van der Waals surface area contributed by atoms with Crippen LogP contribution in [0.5, 0.6) is 0 Å². The predicted molar refractivity (Wildman–Crippen MR) is 74.6 cm³/mol. The average Bonchev–Trinajstić information content (AvgIpc) is 2.49. The summed E-state index contributed by atoms with van der Waals surface area (Å²) in [5.41, 5.74) is 4.03. The molecule has 4 nitrogen and oxygen atoms in total. The van der Waals surface area contributed by atoms with Gasteiger partial charge in [0.05, 0.1) is 41.8 Å². The topological polar surface area (TPSA) is 47.0 Å². The lowest BCUT2D eigenvalue weighted by atomic mass is 9.99. The van der Waals surface area contributed by atoms with Gasteiger partial charge in [0.1, 0.15) is 0 Å². The number of likely N-dealkylation sites (N-methyl/N-ethyl adjacent to an activating group) is 1. The van der Waals surface area contributed by atoms with Crippen LogP contribution in [0.1, 0.15) is 24.6 Å². The molecule has 3 rings (SSSR count). The highest BCUT2D eigenvalue weighted by Gasteiger charge is 2.19. The Labute approximate surface area is 112 Å². The van der Waals surface area contributed by atoms with Crippen LogP contribution in [-0.2, 0) is 4.74 Å². The van der Waals surface area contributed by atoms with Gasteiger partial charge in [-0.1, -0.05) is 12.1 Å². The van der Waals surface area contributed by atoms with Crippen molar-refractivity contribution < 1.29 is 4.74 Å². The van der Waals surface area contributed by atoms with E-state index < -0.39 is 0 Å². The van der Waals surface area contributed by atoms with Gasteiger partial charge in [0.15, 0.2) is 0 Å². The van der Waals surface area contributed by atoms with E-state index in [1.54, 1.807) is 0 Å². The van der Waals surface area contributed by atoms with Gasteiger partial charge in [0.25, 0.3) is 0 Å². The highest BCUT2D eigenvalue weighted by molar-refractivity contribution is 5.73. The van der Waals surface area contributed by atoms with Crippen LogP contribution >= 0.6 is 0 Å². The molecule has 98 valence electrons. The summed E-state index contributed by atoms with van der Waals surface area (Å²) in [5.74, 6) is 0. The molecule has 0 saturated heterocycles. The Morgan fingerprint density at radius 1 is 1.26 bits per heavy atom. The smallest absolute Gasteiger partial charge is 0.0890 e. The molecule has 0 saturated carbocycles. The van der Waals surface area contributed by atoms with Gasteiger partial charge < -0.3 is 10.1 Å². The number of benzene rings is 1. The molecule has 1 aromatic heterocycles. The second kappa shape index (κ2) is 5.36. The normalized spacial score (nSPS) is 16.8. The molecular formula is C15H17N3O. The minimum absolute atomic E-state index is 0.0809. The SMILES string of the molecule is CNC(C1=COCCC1)c1cnc2ccccc2n1. The van der Waals surface area contributed by atoms with Crippen molar-refractivity contribution in [2.45, 2.75) is 18.9 Å². The van der Waals surface area contributed by atoms with E-state index >= 15 is 0 Å². The van der Waals surface area contributed by atoms with Crippen LogP contribution in [0.4, 0.5) is 0 Å². The Morgan fingerprint density at radius 2 is 2.11 bits per heavy atom. The second-order valence-electron chi connectivity index (χ2n) is 4.67.